The molecule has 2 N–H and O–H groups in total. The normalized spacial score (nSPS) is 10.2. The third-order valence-corrected chi connectivity index (χ3v) is 3.72. The standard InChI is InChI=1S/C16H14BrNO3/c1-9-3-4-11(7-10(9)2)15(19)18-14-8-12(17)5-6-13(14)16(20)21/h3-8H,1-2H3,(H,18,19)(H,20,21). The molecule has 1 amide bonds. The molecule has 0 heterocycles. The summed E-state index contributed by atoms with van der Waals surface area (Å²) in [6.07, 6.45) is 0. The number of carboxylic acids is 1. The van der Waals surface area contributed by atoms with E-state index in [4.69, 9.17) is 5.11 Å². The van der Waals surface area contributed by atoms with E-state index in [1.807, 2.05) is 19.9 Å². The number of carbonyl (C=O) groups is 2. The molecule has 2 aromatic carbocycles. The second-order valence-corrected chi connectivity index (χ2v) is 5.66. The highest BCUT2D eigenvalue weighted by molar-refractivity contribution is 9.10. The lowest BCUT2D eigenvalue weighted by Gasteiger charge is -2.10. The Bertz CT molecular complexity index is 725. The van der Waals surface area contributed by atoms with Crippen molar-refractivity contribution < 1.29 is 14.7 Å². The molecule has 0 aliphatic carbocycles. The lowest BCUT2D eigenvalue weighted by Crippen LogP contribution is -2.15. The maximum atomic E-state index is 12.2. The number of aryl methyl sites for hydroxylation is 2. The van der Waals surface area contributed by atoms with Crippen LogP contribution in [0.5, 0.6) is 0 Å². The Balaban J connectivity index is 2.33. The van der Waals surface area contributed by atoms with E-state index in [1.54, 1.807) is 24.3 Å². The van der Waals surface area contributed by atoms with Crippen LogP contribution in [0.15, 0.2) is 40.9 Å². The van der Waals surface area contributed by atoms with Gasteiger partial charge in [-0.3, -0.25) is 4.79 Å². The first-order valence-corrected chi connectivity index (χ1v) is 7.09. The number of halogens is 1. The van der Waals surface area contributed by atoms with Crippen LogP contribution in [0.4, 0.5) is 5.69 Å². The minimum Gasteiger partial charge on any atom is -0.478 e. The summed E-state index contributed by atoms with van der Waals surface area (Å²) in [5.74, 6) is -1.42. The molecule has 2 aromatic rings. The molecule has 0 aromatic heterocycles. The van der Waals surface area contributed by atoms with Crippen LogP contribution in [0, 0.1) is 13.8 Å². The average Bonchev–Trinajstić information content (AvgIpc) is 2.41. The Labute approximate surface area is 130 Å². The van der Waals surface area contributed by atoms with Crippen molar-refractivity contribution in [1.82, 2.24) is 0 Å². The molecule has 0 radical (unpaired) electrons. The van der Waals surface area contributed by atoms with E-state index < -0.39 is 5.97 Å². The molecule has 0 unspecified atom stereocenters. The van der Waals surface area contributed by atoms with E-state index in [1.165, 1.54) is 6.07 Å². The number of anilines is 1. The fourth-order valence-electron chi connectivity index (χ4n) is 1.88. The molecule has 0 spiro atoms. The summed E-state index contributed by atoms with van der Waals surface area (Å²) in [4.78, 5) is 23.4. The number of nitrogens with one attached hydrogen (secondary N) is 1. The number of rotatable bonds is 3. The summed E-state index contributed by atoms with van der Waals surface area (Å²) in [5, 5.41) is 11.8. The summed E-state index contributed by atoms with van der Waals surface area (Å²) in [6.45, 7) is 3.89. The third-order valence-electron chi connectivity index (χ3n) is 3.23. The van der Waals surface area contributed by atoms with E-state index in [0.717, 1.165) is 11.1 Å². The summed E-state index contributed by atoms with van der Waals surface area (Å²) >= 11 is 3.27. The highest BCUT2D eigenvalue weighted by atomic mass is 79.9. The summed E-state index contributed by atoms with van der Waals surface area (Å²) in [7, 11) is 0. The Morgan fingerprint density at radius 1 is 1.05 bits per heavy atom. The van der Waals surface area contributed by atoms with E-state index in [9.17, 15) is 9.59 Å². The molecule has 0 saturated carbocycles. The minimum absolute atomic E-state index is 0.0513. The number of hydrogen-bond donors (Lipinski definition) is 2. The van der Waals surface area contributed by atoms with Gasteiger partial charge in [-0.05, 0) is 55.3 Å². The van der Waals surface area contributed by atoms with E-state index in [0.29, 0.717) is 10.0 Å². The van der Waals surface area contributed by atoms with Gasteiger partial charge in [-0.2, -0.15) is 0 Å². The number of carboxylic acid groups (broad SMARTS) is 1. The molecule has 0 fully saturated rings. The Hall–Kier alpha value is -2.14. The molecular formula is C16H14BrNO3. The fraction of sp³-hybridized carbons (Fsp3) is 0.125. The highest BCUT2D eigenvalue weighted by Gasteiger charge is 2.14. The zero-order chi connectivity index (χ0) is 15.6. The summed E-state index contributed by atoms with van der Waals surface area (Å²) in [6, 6.07) is 10.0. The van der Waals surface area contributed by atoms with Gasteiger partial charge in [0.2, 0.25) is 0 Å². The lowest BCUT2D eigenvalue weighted by molar-refractivity contribution is 0.0698. The SMILES string of the molecule is Cc1ccc(C(=O)Nc2cc(Br)ccc2C(=O)O)cc1C. The van der Waals surface area contributed by atoms with Crippen molar-refractivity contribution in [3.05, 3.63) is 63.1 Å². The maximum Gasteiger partial charge on any atom is 0.337 e. The second-order valence-electron chi connectivity index (χ2n) is 4.75. The molecule has 0 saturated heterocycles. The second kappa shape index (κ2) is 6.10. The highest BCUT2D eigenvalue weighted by Crippen LogP contribution is 2.22. The lowest BCUT2D eigenvalue weighted by atomic mass is 10.1. The smallest absolute Gasteiger partial charge is 0.337 e. The number of carbonyl (C=O) groups excluding carboxylic acids is 1. The van der Waals surface area contributed by atoms with Crippen molar-refractivity contribution in [3.63, 3.8) is 0 Å². The van der Waals surface area contributed by atoms with Gasteiger partial charge >= 0.3 is 5.97 Å². The van der Waals surface area contributed by atoms with Gasteiger partial charge in [0.1, 0.15) is 0 Å². The van der Waals surface area contributed by atoms with Gasteiger partial charge in [0, 0.05) is 10.0 Å². The number of aromatic carboxylic acids is 1. The van der Waals surface area contributed by atoms with Crippen LogP contribution in [-0.2, 0) is 0 Å². The fourth-order valence-corrected chi connectivity index (χ4v) is 2.24. The Kier molecular flexibility index (Phi) is 4.43. The van der Waals surface area contributed by atoms with Gasteiger partial charge in [0.15, 0.2) is 0 Å². The molecule has 2 rings (SSSR count). The van der Waals surface area contributed by atoms with Crippen LogP contribution in [0.3, 0.4) is 0 Å². The van der Waals surface area contributed by atoms with Crippen molar-refractivity contribution in [2.45, 2.75) is 13.8 Å². The van der Waals surface area contributed by atoms with Crippen LogP contribution >= 0.6 is 15.9 Å². The van der Waals surface area contributed by atoms with Crippen molar-refractivity contribution in [2.24, 2.45) is 0 Å². The largest absolute Gasteiger partial charge is 0.478 e. The topological polar surface area (TPSA) is 66.4 Å². The molecule has 0 atom stereocenters. The molecule has 5 heteroatoms. The Morgan fingerprint density at radius 3 is 2.38 bits per heavy atom. The van der Waals surface area contributed by atoms with Gasteiger partial charge in [-0.1, -0.05) is 22.0 Å². The third kappa shape index (κ3) is 3.49. The summed E-state index contributed by atoms with van der Waals surface area (Å²) < 4.78 is 0.697. The van der Waals surface area contributed by atoms with Crippen LogP contribution < -0.4 is 5.32 Å². The zero-order valence-corrected chi connectivity index (χ0v) is 13.2. The number of hydrogen-bond acceptors (Lipinski definition) is 2. The molecule has 0 aliphatic heterocycles. The molecule has 108 valence electrons. The van der Waals surface area contributed by atoms with Crippen LogP contribution in [-0.4, -0.2) is 17.0 Å². The summed E-state index contributed by atoms with van der Waals surface area (Å²) in [5.41, 5.74) is 2.92. The van der Waals surface area contributed by atoms with E-state index in [-0.39, 0.29) is 17.2 Å². The van der Waals surface area contributed by atoms with E-state index in [2.05, 4.69) is 21.2 Å². The number of benzene rings is 2. The van der Waals surface area contributed by atoms with Gasteiger partial charge in [-0.15, -0.1) is 0 Å². The van der Waals surface area contributed by atoms with Crippen LogP contribution in [0.1, 0.15) is 31.8 Å². The van der Waals surface area contributed by atoms with Crippen molar-refractivity contribution >= 4 is 33.5 Å². The molecular weight excluding hydrogens is 334 g/mol. The predicted molar refractivity (Wildman–Crippen MR) is 85.0 cm³/mol. The monoisotopic (exact) mass is 347 g/mol. The average molecular weight is 348 g/mol. The van der Waals surface area contributed by atoms with Crippen molar-refractivity contribution in [2.75, 3.05) is 5.32 Å². The molecule has 4 nitrogen and oxygen atoms in total. The van der Waals surface area contributed by atoms with Crippen LogP contribution in [0.2, 0.25) is 0 Å². The van der Waals surface area contributed by atoms with Crippen molar-refractivity contribution in [3.8, 4) is 0 Å². The number of amides is 1. The van der Waals surface area contributed by atoms with Gasteiger partial charge < -0.3 is 10.4 Å². The predicted octanol–water partition coefficient (Wildman–Crippen LogP) is 4.02. The molecule has 21 heavy (non-hydrogen) atoms. The van der Waals surface area contributed by atoms with Crippen LogP contribution in [0.25, 0.3) is 0 Å². The van der Waals surface area contributed by atoms with Gasteiger partial charge in [0.05, 0.1) is 11.3 Å². The first-order chi connectivity index (χ1) is 9.88. The first-order valence-electron chi connectivity index (χ1n) is 6.30. The minimum atomic E-state index is -1.09. The molecule has 0 bridgehead atoms. The maximum absolute atomic E-state index is 12.2. The van der Waals surface area contributed by atoms with Gasteiger partial charge in [0.25, 0.3) is 5.91 Å². The quantitative estimate of drug-likeness (QED) is 0.881. The Morgan fingerprint density at radius 2 is 1.76 bits per heavy atom. The van der Waals surface area contributed by atoms with Crippen molar-refractivity contribution in [1.29, 1.82) is 0 Å². The first kappa shape index (κ1) is 15.3. The zero-order valence-electron chi connectivity index (χ0n) is 11.6. The van der Waals surface area contributed by atoms with Gasteiger partial charge in [-0.25, -0.2) is 4.79 Å². The molecule has 0 aliphatic rings. The van der Waals surface area contributed by atoms with E-state index >= 15 is 0 Å².